The van der Waals surface area contributed by atoms with Crippen LogP contribution in [0.2, 0.25) is 0 Å². The number of rotatable bonds is 3. The number of nitro groups is 1. The van der Waals surface area contributed by atoms with E-state index in [-0.39, 0.29) is 5.69 Å². The first kappa shape index (κ1) is 11.6. The summed E-state index contributed by atoms with van der Waals surface area (Å²) in [6.45, 7) is 0. The number of nitrogens with zero attached hydrogens (tertiary/aromatic N) is 2. The van der Waals surface area contributed by atoms with Gasteiger partial charge in [0.1, 0.15) is 17.6 Å². The average Bonchev–Trinajstić information content (AvgIpc) is 2.39. The molecule has 0 atom stereocenters. The summed E-state index contributed by atoms with van der Waals surface area (Å²) in [6, 6.07) is 14.5. The fraction of sp³-hybridized carbons (Fsp3) is 0. The Balaban J connectivity index is 2.32. The van der Waals surface area contributed by atoms with Crippen LogP contribution in [0.15, 0.2) is 48.5 Å². The molecule has 0 amide bonds. The Hall–Kier alpha value is -2.87. The Morgan fingerprint density at radius 3 is 2.67 bits per heavy atom. The van der Waals surface area contributed by atoms with Crippen LogP contribution in [-0.2, 0) is 0 Å². The number of nitriles is 1. The number of hydrogen-bond acceptors (Lipinski definition) is 4. The highest BCUT2D eigenvalue weighted by atomic mass is 16.6. The molecule has 0 fully saturated rings. The van der Waals surface area contributed by atoms with Gasteiger partial charge in [0.25, 0.3) is 5.69 Å². The monoisotopic (exact) mass is 240 g/mol. The standard InChI is InChI=1S/C13H8N2O3/c14-9-10-4-1-2-7-13(10)18-12-6-3-5-11(8-12)15(16)17/h1-8H. The van der Waals surface area contributed by atoms with Crippen LogP contribution in [0.3, 0.4) is 0 Å². The smallest absolute Gasteiger partial charge is 0.273 e. The lowest BCUT2D eigenvalue weighted by Gasteiger charge is -2.06. The summed E-state index contributed by atoms with van der Waals surface area (Å²) in [6.07, 6.45) is 0. The van der Waals surface area contributed by atoms with E-state index in [2.05, 4.69) is 0 Å². The van der Waals surface area contributed by atoms with Crippen molar-refractivity contribution >= 4 is 5.69 Å². The molecule has 0 aliphatic heterocycles. The van der Waals surface area contributed by atoms with E-state index in [4.69, 9.17) is 10.00 Å². The van der Waals surface area contributed by atoms with Gasteiger partial charge in [-0.25, -0.2) is 0 Å². The zero-order valence-corrected chi connectivity index (χ0v) is 9.24. The van der Waals surface area contributed by atoms with Crippen LogP contribution in [0.1, 0.15) is 5.56 Å². The molecule has 0 saturated carbocycles. The minimum Gasteiger partial charge on any atom is -0.456 e. The van der Waals surface area contributed by atoms with Crippen molar-refractivity contribution in [3.8, 4) is 17.6 Å². The fourth-order valence-corrected chi connectivity index (χ4v) is 1.44. The number of benzene rings is 2. The van der Waals surface area contributed by atoms with Crippen molar-refractivity contribution < 1.29 is 9.66 Å². The molecule has 2 aromatic rings. The molecule has 0 spiro atoms. The van der Waals surface area contributed by atoms with Crippen LogP contribution in [0, 0.1) is 21.4 Å². The molecular formula is C13H8N2O3. The summed E-state index contributed by atoms with van der Waals surface area (Å²) >= 11 is 0. The quantitative estimate of drug-likeness (QED) is 0.609. The van der Waals surface area contributed by atoms with Crippen molar-refractivity contribution in [2.75, 3.05) is 0 Å². The van der Waals surface area contributed by atoms with Crippen molar-refractivity contribution in [3.05, 3.63) is 64.2 Å². The predicted octanol–water partition coefficient (Wildman–Crippen LogP) is 3.26. The molecule has 0 aliphatic rings. The van der Waals surface area contributed by atoms with Crippen molar-refractivity contribution in [3.63, 3.8) is 0 Å². The van der Waals surface area contributed by atoms with Gasteiger partial charge in [-0.05, 0) is 18.2 Å². The van der Waals surface area contributed by atoms with Gasteiger partial charge in [0.2, 0.25) is 0 Å². The normalized spacial score (nSPS) is 9.50. The van der Waals surface area contributed by atoms with Crippen LogP contribution in [-0.4, -0.2) is 4.92 Å². The molecule has 0 N–H and O–H groups in total. The van der Waals surface area contributed by atoms with Crippen LogP contribution in [0.25, 0.3) is 0 Å². The molecule has 88 valence electrons. The molecule has 0 bridgehead atoms. The Bertz CT molecular complexity index is 632. The minimum atomic E-state index is -0.497. The van der Waals surface area contributed by atoms with Gasteiger partial charge in [-0.3, -0.25) is 10.1 Å². The Morgan fingerprint density at radius 2 is 1.94 bits per heavy atom. The van der Waals surface area contributed by atoms with Gasteiger partial charge in [0.05, 0.1) is 16.6 Å². The third kappa shape index (κ3) is 2.44. The maximum atomic E-state index is 10.6. The largest absolute Gasteiger partial charge is 0.456 e. The molecular weight excluding hydrogens is 232 g/mol. The first-order valence-electron chi connectivity index (χ1n) is 5.12. The van der Waals surface area contributed by atoms with Gasteiger partial charge in [0.15, 0.2) is 0 Å². The molecule has 5 nitrogen and oxygen atoms in total. The lowest BCUT2D eigenvalue weighted by Crippen LogP contribution is -1.90. The molecule has 18 heavy (non-hydrogen) atoms. The van der Waals surface area contributed by atoms with Crippen LogP contribution in [0.5, 0.6) is 11.5 Å². The van der Waals surface area contributed by atoms with E-state index in [1.807, 2.05) is 6.07 Å². The van der Waals surface area contributed by atoms with Crippen molar-refractivity contribution in [1.82, 2.24) is 0 Å². The maximum Gasteiger partial charge on any atom is 0.273 e. The first-order valence-corrected chi connectivity index (χ1v) is 5.12. The van der Waals surface area contributed by atoms with Crippen LogP contribution >= 0.6 is 0 Å². The molecule has 0 aliphatic carbocycles. The summed E-state index contributed by atoms with van der Waals surface area (Å²) in [5, 5.41) is 19.5. The molecule has 2 aromatic carbocycles. The maximum absolute atomic E-state index is 10.6. The van der Waals surface area contributed by atoms with E-state index in [9.17, 15) is 10.1 Å². The third-order valence-electron chi connectivity index (χ3n) is 2.26. The second kappa shape index (κ2) is 4.97. The predicted molar refractivity (Wildman–Crippen MR) is 64.3 cm³/mol. The van der Waals surface area contributed by atoms with E-state index in [1.54, 1.807) is 30.3 Å². The van der Waals surface area contributed by atoms with Crippen molar-refractivity contribution in [1.29, 1.82) is 5.26 Å². The van der Waals surface area contributed by atoms with E-state index in [1.165, 1.54) is 18.2 Å². The molecule has 0 radical (unpaired) electrons. The van der Waals surface area contributed by atoms with Gasteiger partial charge >= 0.3 is 0 Å². The average molecular weight is 240 g/mol. The lowest BCUT2D eigenvalue weighted by atomic mass is 10.2. The summed E-state index contributed by atoms with van der Waals surface area (Å²) in [7, 11) is 0. The highest BCUT2D eigenvalue weighted by Gasteiger charge is 2.08. The Kier molecular flexibility index (Phi) is 3.21. The molecule has 5 heteroatoms. The number of non-ortho nitro benzene ring substituents is 1. The zero-order chi connectivity index (χ0) is 13.0. The molecule has 0 heterocycles. The van der Waals surface area contributed by atoms with Gasteiger partial charge in [-0.1, -0.05) is 18.2 Å². The van der Waals surface area contributed by atoms with Gasteiger partial charge in [-0.15, -0.1) is 0 Å². The Labute approximate surface area is 103 Å². The second-order valence-corrected chi connectivity index (χ2v) is 3.46. The summed E-state index contributed by atoms with van der Waals surface area (Å²) in [4.78, 5) is 10.1. The highest BCUT2D eigenvalue weighted by molar-refractivity contribution is 5.46. The molecule has 2 rings (SSSR count). The minimum absolute atomic E-state index is 0.0538. The summed E-state index contributed by atoms with van der Waals surface area (Å²) in [5.74, 6) is 0.701. The van der Waals surface area contributed by atoms with Gasteiger partial charge in [-0.2, -0.15) is 5.26 Å². The van der Waals surface area contributed by atoms with Gasteiger partial charge < -0.3 is 4.74 Å². The van der Waals surface area contributed by atoms with Crippen LogP contribution < -0.4 is 4.74 Å². The zero-order valence-electron chi connectivity index (χ0n) is 9.24. The number of para-hydroxylation sites is 1. The number of hydrogen-bond donors (Lipinski definition) is 0. The van der Waals surface area contributed by atoms with E-state index >= 15 is 0 Å². The molecule has 0 aromatic heterocycles. The Morgan fingerprint density at radius 1 is 1.17 bits per heavy atom. The molecule has 0 unspecified atom stereocenters. The third-order valence-corrected chi connectivity index (χ3v) is 2.26. The van der Waals surface area contributed by atoms with Gasteiger partial charge in [0, 0.05) is 6.07 Å². The lowest BCUT2D eigenvalue weighted by molar-refractivity contribution is -0.384. The van der Waals surface area contributed by atoms with Crippen molar-refractivity contribution in [2.24, 2.45) is 0 Å². The number of nitro benzene ring substituents is 1. The summed E-state index contributed by atoms with van der Waals surface area (Å²) in [5.41, 5.74) is 0.325. The highest BCUT2D eigenvalue weighted by Crippen LogP contribution is 2.27. The number of ether oxygens (including phenoxy) is 1. The fourth-order valence-electron chi connectivity index (χ4n) is 1.44. The first-order chi connectivity index (χ1) is 8.70. The second-order valence-electron chi connectivity index (χ2n) is 3.46. The summed E-state index contributed by atoms with van der Waals surface area (Å²) < 4.78 is 5.46. The van der Waals surface area contributed by atoms with Crippen LogP contribution in [0.4, 0.5) is 5.69 Å². The van der Waals surface area contributed by atoms with E-state index < -0.39 is 4.92 Å². The topological polar surface area (TPSA) is 76.2 Å². The van der Waals surface area contributed by atoms with E-state index in [0.717, 1.165) is 0 Å². The SMILES string of the molecule is N#Cc1ccccc1Oc1cccc([N+](=O)[O-])c1. The van der Waals surface area contributed by atoms with Crippen molar-refractivity contribution in [2.45, 2.75) is 0 Å². The molecule has 0 saturated heterocycles. The van der Waals surface area contributed by atoms with E-state index in [0.29, 0.717) is 17.1 Å².